The van der Waals surface area contributed by atoms with Gasteiger partial charge in [0.1, 0.15) is 0 Å². The number of phosphoric acid groups is 1. The van der Waals surface area contributed by atoms with Gasteiger partial charge < -0.3 is 30.7 Å². The Morgan fingerprint density at radius 2 is 1.25 bits per heavy atom. The first-order valence-corrected chi connectivity index (χ1v) is 3.29. The molecule has 0 aliphatic carbocycles. The zero-order chi connectivity index (χ0) is 7.21. The summed E-state index contributed by atoms with van der Waals surface area (Å²) in [6.07, 6.45) is 0. The molecule has 0 aromatic rings. The van der Waals surface area contributed by atoms with E-state index in [9.17, 15) is 0 Å². The average Bonchev–Trinajstić information content (AvgIpc) is 1.27. The van der Waals surface area contributed by atoms with Crippen molar-refractivity contribution in [1.29, 1.82) is 0 Å². The Bertz CT molecular complexity index is 75.2. The van der Waals surface area contributed by atoms with E-state index in [4.69, 9.17) is 24.4 Å². The molecule has 0 aliphatic heterocycles. The van der Waals surface area contributed by atoms with Crippen LogP contribution in [-0.4, -0.2) is 27.3 Å². The van der Waals surface area contributed by atoms with Crippen molar-refractivity contribution in [3.05, 3.63) is 0 Å². The standard InChI is InChI=1S/C2H5O.2Na.H3O4P.2H2O/c1-2-3;;;1-5(2,3)4;;/h2H2,1H3;;;(H3,1,2,3,4);2*1H2/q-1;2*+1;;;/p-1. The van der Waals surface area contributed by atoms with Crippen LogP contribution in [0.4, 0.5) is 0 Å². The Balaban J connectivity index is -0.0000000119. The van der Waals surface area contributed by atoms with Crippen LogP contribution in [0.15, 0.2) is 0 Å². The maximum Gasteiger partial charge on any atom is 1.00 e. The van der Waals surface area contributed by atoms with Gasteiger partial charge in [0.25, 0.3) is 7.82 Å². The van der Waals surface area contributed by atoms with Crippen LogP contribution in [0, 0.1) is 0 Å². The van der Waals surface area contributed by atoms with E-state index in [0.29, 0.717) is 0 Å². The fourth-order valence-corrected chi connectivity index (χ4v) is 0. The molecule has 0 rings (SSSR count). The molecule has 0 bridgehead atoms. The second kappa shape index (κ2) is 23.1. The minimum Gasteiger partial charge on any atom is -0.855 e. The summed E-state index contributed by atoms with van der Waals surface area (Å²) in [5, 5.41) is 8.93. The summed E-state index contributed by atoms with van der Waals surface area (Å²) in [5.41, 5.74) is 0. The van der Waals surface area contributed by atoms with Gasteiger partial charge in [-0.25, -0.2) is 0 Å². The van der Waals surface area contributed by atoms with Gasteiger partial charge in [-0.15, -0.1) is 6.61 Å². The largest absolute Gasteiger partial charge is 1.00 e. The van der Waals surface area contributed by atoms with E-state index in [1.54, 1.807) is 6.92 Å². The molecule has 0 unspecified atom stereocenters. The molecule has 0 spiro atoms. The van der Waals surface area contributed by atoms with E-state index >= 15 is 0 Å². The van der Waals surface area contributed by atoms with Crippen LogP contribution in [0.3, 0.4) is 0 Å². The van der Waals surface area contributed by atoms with Gasteiger partial charge in [-0.2, -0.15) is 0 Å². The molecule has 0 heterocycles. The maximum atomic E-state index is 8.93. The summed E-state index contributed by atoms with van der Waals surface area (Å²) >= 11 is 0. The van der Waals surface area contributed by atoms with Gasteiger partial charge in [-0.1, -0.05) is 6.92 Å². The van der Waals surface area contributed by atoms with Crippen molar-refractivity contribution in [2.45, 2.75) is 6.92 Å². The van der Waals surface area contributed by atoms with Crippen molar-refractivity contribution in [3.63, 3.8) is 0 Å². The van der Waals surface area contributed by atoms with E-state index in [2.05, 4.69) is 0 Å². The fraction of sp³-hybridized carbons (Fsp3) is 1.00. The van der Waals surface area contributed by atoms with Gasteiger partial charge in [-0.3, -0.25) is 4.57 Å². The van der Waals surface area contributed by atoms with Gasteiger partial charge >= 0.3 is 59.1 Å². The summed E-state index contributed by atoms with van der Waals surface area (Å²) in [6.45, 7) is 1.57. The number of hydrogen-bond donors (Lipinski definition) is 2. The van der Waals surface area contributed by atoms with Crippen LogP contribution in [-0.2, 0) is 4.57 Å². The SMILES string of the molecule is CC[O-].O.O.O=P([O-])(O)O.[Na+].[Na+]. The predicted molar refractivity (Wildman–Crippen MR) is 29.8 cm³/mol. The van der Waals surface area contributed by atoms with Gasteiger partial charge in [0.15, 0.2) is 0 Å². The summed E-state index contributed by atoms with van der Waals surface area (Å²) in [7, 11) is -4.89. The summed E-state index contributed by atoms with van der Waals surface area (Å²) in [4.78, 5) is 22.9. The van der Waals surface area contributed by atoms with Gasteiger partial charge in [-0.05, 0) is 0 Å². The van der Waals surface area contributed by atoms with Crippen LogP contribution >= 0.6 is 7.82 Å². The number of hydrogen-bond acceptors (Lipinski definition) is 3. The third-order valence-corrected chi connectivity index (χ3v) is 0. The molecule has 10 heteroatoms. The predicted octanol–water partition coefficient (Wildman–Crippen LogP) is -9.84. The normalized spacial score (nSPS) is 6.42. The van der Waals surface area contributed by atoms with Gasteiger partial charge in [0.2, 0.25) is 0 Å². The molecule has 6 N–H and O–H groups in total. The fourth-order valence-electron chi connectivity index (χ4n) is 0. The monoisotopic (exact) mass is 224 g/mol. The molecular formula is C2H11Na2O7P. The van der Waals surface area contributed by atoms with E-state index in [1.165, 1.54) is 0 Å². The molecule has 0 radical (unpaired) electrons. The van der Waals surface area contributed by atoms with Crippen molar-refractivity contribution in [2.24, 2.45) is 0 Å². The Labute approximate surface area is 115 Å². The second-order valence-corrected chi connectivity index (χ2v) is 1.76. The molecule has 0 atom stereocenters. The zero-order valence-corrected chi connectivity index (χ0v) is 12.2. The molecular weight excluding hydrogens is 213 g/mol. The van der Waals surface area contributed by atoms with Crippen molar-refractivity contribution >= 4 is 7.82 Å². The van der Waals surface area contributed by atoms with Crippen LogP contribution < -0.4 is 69.1 Å². The maximum absolute atomic E-state index is 8.93. The Kier molecular flexibility index (Phi) is 71.2. The van der Waals surface area contributed by atoms with Gasteiger partial charge in [0.05, 0.1) is 0 Å². The minimum absolute atomic E-state index is 0. The molecule has 0 amide bonds. The molecule has 68 valence electrons. The molecule has 7 nitrogen and oxygen atoms in total. The van der Waals surface area contributed by atoms with Crippen LogP contribution in [0.5, 0.6) is 0 Å². The molecule has 0 fully saturated rings. The molecule has 0 saturated carbocycles. The topological polar surface area (TPSA) is 167 Å². The second-order valence-electron chi connectivity index (χ2n) is 0.779. The molecule has 0 saturated heterocycles. The van der Waals surface area contributed by atoms with Crippen LogP contribution in [0.25, 0.3) is 0 Å². The Morgan fingerprint density at radius 1 is 1.25 bits per heavy atom. The van der Waals surface area contributed by atoms with E-state index in [1.807, 2.05) is 0 Å². The quantitative estimate of drug-likeness (QED) is 0.307. The third kappa shape index (κ3) is 366. The Hall–Kier alpha value is 1.99. The first-order valence-electron chi connectivity index (χ1n) is 1.76. The molecule has 0 aromatic heterocycles. The smallest absolute Gasteiger partial charge is 0.855 e. The minimum atomic E-state index is -4.89. The zero-order valence-electron chi connectivity index (χ0n) is 7.27. The first-order chi connectivity index (χ1) is 3.41. The van der Waals surface area contributed by atoms with Crippen molar-refractivity contribution in [3.8, 4) is 0 Å². The average molecular weight is 224 g/mol. The molecule has 0 aliphatic rings. The van der Waals surface area contributed by atoms with Gasteiger partial charge in [0, 0.05) is 0 Å². The molecule has 12 heavy (non-hydrogen) atoms. The van der Waals surface area contributed by atoms with E-state index in [0.717, 1.165) is 0 Å². The van der Waals surface area contributed by atoms with Crippen LogP contribution in [0.1, 0.15) is 6.92 Å². The van der Waals surface area contributed by atoms with E-state index in [-0.39, 0.29) is 76.7 Å². The summed E-state index contributed by atoms with van der Waals surface area (Å²) in [6, 6.07) is 0. The number of rotatable bonds is 0. The van der Waals surface area contributed by atoms with Crippen molar-refractivity contribution in [1.82, 2.24) is 0 Å². The van der Waals surface area contributed by atoms with E-state index < -0.39 is 7.82 Å². The summed E-state index contributed by atoms with van der Waals surface area (Å²) in [5.74, 6) is 0. The Morgan fingerprint density at radius 3 is 1.25 bits per heavy atom. The van der Waals surface area contributed by atoms with Crippen molar-refractivity contribution in [2.75, 3.05) is 6.61 Å². The summed E-state index contributed by atoms with van der Waals surface area (Å²) < 4.78 is 8.77. The third-order valence-electron chi connectivity index (χ3n) is 0. The van der Waals surface area contributed by atoms with Crippen molar-refractivity contribution < 1.29 is 94.4 Å². The van der Waals surface area contributed by atoms with Crippen LogP contribution in [0.2, 0.25) is 0 Å². The first kappa shape index (κ1) is 37.0. The molecule has 0 aromatic carbocycles.